The minimum Gasteiger partial charge on any atom is -0.383 e. The number of anilines is 2. The van der Waals surface area contributed by atoms with E-state index < -0.39 is 5.92 Å². The number of nitrogens with zero attached hydrogens (tertiary/aromatic N) is 6. The van der Waals surface area contributed by atoms with Gasteiger partial charge in [0.05, 0.1) is 42.0 Å². The number of nitrogens with one attached hydrogen (secondary N) is 1. The van der Waals surface area contributed by atoms with Gasteiger partial charge in [0.25, 0.3) is 0 Å². The Morgan fingerprint density at radius 1 is 1.17 bits per heavy atom. The molecule has 1 saturated carbocycles. The van der Waals surface area contributed by atoms with E-state index in [1.807, 2.05) is 15.8 Å². The van der Waals surface area contributed by atoms with Crippen molar-refractivity contribution in [2.45, 2.75) is 37.6 Å². The first kappa shape index (κ1) is 23.2. The standard InChI is InChI=1S/C25H29N7O3/c1-34-11-9-31(10-12-35-2)25-28-22(19-15-32(30-23(19)29-25)17-5-3-4-6-17)21-18-13-16(14-26)7-8-20(18)27-24(21)33/h7-8,13,15,17,21H,3-6,9-12H2,1-2H3,(H,27,33). The average molecular weight is 476 g/mol. The van der Waals surface area contributed by atoms with Crippen molar-refractivity contribution in [3.8, 4) is 6.07 Å². The van der Waals surface area contributed by atoms with E-state index in [0.29, 0.717) is 60.9 Å². The number of benzene rings is 1. The summed E-state index contributed by atoms with van der Waals surface area (Å²) in [6.45, 7) is 2.13. The monoisotopic (exact) mass is 475 g/mol. The number of carbonyl (C=O) groups excluding carboxylic acids is 1. The number of carbonyl (C=O) groups is 1. The van der Waals surface area contributed by atoms with Crippen LogP contribution in [0, 0.1) is 11.3 Å². The molecule has 5 rings (SSSR count). The number of methoxy groups -OCH3 is 2. The highest BCUT2D eigenvalue weighted by molar-refractivity contribution is 6.06. The fourth-order valence-electron chi connectivity index (χ4n) is 4.97. The second-order valence-electron chi connectivity index (χ2n) is 9.00. The third-order valence-corrected chi connectivity index (χ3v) is 6.81. The van der Waals surface area contributed by atoms with Crippen LogP contribution in [0.1, 0.15) is 54.5 Å². The van der Waals surface area contributed by atoms with E-state index in [9.17, 15) is 10.1 Å². The van der Waals surface area contributed by atoms with E-state index in [0.717, 1.165) is 23.8 Å². The molecule has 10 nitrogen and oxygen atoms in total. The van der Waals surface area contributed by atoms with Crippen LogP contribution < -0.4 is 10.2 Å². The molecule has 2 aromatic heterocycles. The van der Waals surface area contributed by atoms with Crippen LogP contribution in [-0.2, 0) is 14.3 Å². The van der Waals surface area contributed by atoms with Gasteiger partial charge in [0.2, 0.25) is 11.9 Å². The lowest BCUT2D eigenvalue weighted by molar-refractivity contribution is -0.116. The maximum Gasteiger partial charge on any atom is 0.238 e. The fourth-order valence-corrected chi connectivity index (χ4v) is 4.97. The van der Waals surface area contributed by atoms with Crippen molar-refractivity contribution in [1.29, 1.82) is 5.26 Å². The van der Waals surface area contributed by atoms with Crippen LogP contribution in [0.15, 0.2) is 24.4 Å². The predicted molar refractivity (Wildman–Crippen MR) is 130 cm³/mol. The maximum absolute atomic E-state index is 13.2. The van der Waals surface area contributed by atoms with Gasteiger partial charge in [-0.1, -0.05) is 12.8 Å². The average Bonchev–Trinajstić information content (AvgIpc) is 3.61. The van der Waals surface area contributed by atoms with Crippen molar-refractivity contribution in [3.63, 3.8) is 0 Å². The zero-order chi connectivity index (χ0) is 24.4. The lowest BCUT2D eigenvalue weighted by Gasteiger charge is -2.23. The van der Waals surface area contributed by atoms with Crippen LogP contribution in [0.2, 0.25) is 0 Å². The summed E-state index contributed by atoms with van der Waals surface area (Å²) >= 11 is 0. The molecule has 10 heteroatoms. The van der Waals surface area contributed by atoms with Gasteiger partial charge in [-0.2, -0.15) is 15.3 Å². The molecule has 3 aromatic rings. The Bertz CT molecular complexity index is 1270. The molecule has 1 unspecified atom stereocenters. The second kappa shape index (κ2) is 9.98. The third-order valence-electron chi connectivity index (χ3n) is 6.81. The molecule has 182 valence electrons. The van der Waals surface area contributed by atoms with Crippen LogP contribution in [0.3, 0.4) is 0 Å². The number of hydrogen-bond acceptors (Lipinski definition) is 8. The molecule has 1 aliphatic carbocycles. The largest absolute Gasteiger partial charge is 0.383 e. The van der Waals surface area contributed by atoms with Crippen LogP contribution in [-0.4, -0.2) is 66.2 Å². The Morgan fingerprint density at radius 2 is 1.91 bits per heavy atom. The Labute approximate surface area is 203 Å². The van der Waals surface area contributed by atoms with Gasteiger partial charge in [0.15, 0.2) is 5.65 Å². The van der Waals surface area contributed by atoms with Gasteiger partial charge in [0, 0.05) is 39.2 Å². The molecule has 2 aliphatic rings. The molecular formula is C25H29N7O3. The summed E-state index contributed by atoms with van der Waals surface area (Å²) in [4.78, 5) is 25.0. The molecule has 35 heavy (non-hydrogen) atoms. The number of nitriles is 1. The molecular weight excluding hydrogens is 446 g/mol. The highest BCUT2D eigenvalue weighted by atomic mass is 16.5. The summed E-state index contributed by atoms with van der Waals surface area (Å²) in [6, 6.07) is 7.75. The van der Waals surface area contributed by atoms with Crippen molar-refractivity contribution >= 4 is 28.6 Å². The van der Waals surface area contributed by atoms with E-state index in [1.54, 1.807) is 32.4 Å². The highest BCUT2D eigenvalue weighted by Crippen LogP contribution is 2.40. The van der Waals surface area contributed by atoms with Gasteiger partial charge < -0.3 is 19.7 Å². The summed E-state index contributed by atoms with van der Waals surface area (Å²) in [5.74, 6) is -0.346. The number of aromatic nitrogens is 4. The zero-order valence-electron chi connectivity index (χ0n) is 20.0. The van der Waals surface area contributed by atoms with Gasteiger partial charge in [-0.05, 0) is 36.6 Å². The van der Waals surface area contributed by atoms with Crippen molar-refractivity contribution in [2.24, 2.45) is 0 Å². The molecule has 3 heterocycles. The summed E-state index contributed by atoms with van der Waals surface area (Å²) in [7, 11) is 3.31. The van der Waals surface area contributed by atoms with Gasteiger partial charge in [-0.3, -0.25) is 9.48 Å². The molecule has 0 saturated heterocycles. The molecule has 1 N–H and O–H groups in total. The van der Waals surface area contributed by atoms with Crippen molar-refractivity contribution in [3.05, 3.63) is 41.2 Å². The number of rotatable bonds is 9. The van der Waals surface area contributed by atoms with Crippen molar-refractivity contribution in [1.82, 2.24) is 19.7 Å². The Morgan fingerprint density at radius 3 is 2.60 bits per heavy atom. The molecule has 0 bridgehead atoms. The Balaban J connectivity index is 1.66. The maximum atomic E-state index is 13.2. The lowest BCUT2D eigenvalue weighted by atomic mass is 9.94. The van der Waals surface area contributed by atoms with E-state index in [2.05, 4.69) is 11.4 Å². The normalized spacial score (nSPS) is 17.5. The summed E-state index contributed by atoms with van der Waals surface area (Å²) in [5, 5.41) is 18.0. The first-order valence-corrected chi connectivity index (χ1v) is 12.0. The van der Waals surface area contributed by atoms with Crippen LogP contribution in [0.4, 0.5) is 11.6 Å². The third kappa shape index (κ3) is 4.45. The van der Waals surface area contributed by atoms with Gasteiger partial charge in [0.1, 0.15) is 5.92 Å². The van der Waals surface area contributed by atoms with Gasteiger partial charge in [-0.15, -0.1) is 0 Å². The fraction of sp³-hybridized carbons (Fsp3) is 0.480. The topological polar surface area (TPSA) is 118 Å². The van der Waals surface area contributed by atoms with Crippen molar-refractivity contribution in [2.75, 3.05) is 50.7 Å². The minimum atomic E-state index is -0.657. The van der Waals surface area contributed by atoms with Gasteiger partial charge >= 0.3 is 0 Å². The van der Waals surface area contributed by atoms with Crippen LogP contribution in [0.25, 0.3) is 11.0 Å². The molecule has 1 atom stereocenters. The quantitative estimate of drug-likeness (QED) is 0.502. The van der Waals surface area contributed by atoms with E-state index in [4.69, 9.17) is 24.5 Å². The smallest absolute Gasteiger partial charge is 0.238 e. The Hall–Kier alpha value is -3.55. The molecule has 1 fully saturated rings. The van der Waals surface area contributed by atoms with E-state index in [-0.39, 0.29) is 5.91 Å². The zero-order valence-corrected chi connectivity index (χ0v) is 20.0. The first-order chi connectivity index (χ1) is 17.1. The highest BCUT2D eigenvalue weighted by Gasteiger charge is 2.36. The molecule has 1 amide bonds. The minimum absolute atomic E-state index is 0.171. The summed E-state index contributed by atoms with van der Waals surface area (Å²) in [6.07, 6.45) is 6.51. The summed E-state index contributed by atoms with van der Waals surface area (Å²) < 4.78 is 12.6. The van der Waals surface area contributed by atoms with E-state index >= 15 is 0 Å². The number of hydrogen-bond donors (Lipinski definition) is 1. The number of fused-ring (bicyclic) bond motifs is 2. The molecule has 0 radical (unpaired) electrons. The number of amides is 1. The number of ether oxygens (including phenoxy) is 2. The lowest BCUT2D eigenvalue weighted by Crippen LogP contribution is -2.32. The predicted octanol–water partition coefficient (Wildman–Crippen LogP) is 3.00. The van der Waals surface area contributed by atoms with E-state index in [1.165, 1.54) is 12.8 Å². The first-order valence-electron chi connectivity index (χ1n) is 12.0. The summed E-state index contributed by atoms with van der Waals surface area (Å²) in [5.41, 5.74) is 3.11. The molecule has 0 spiro atoms. The molecule has 1 aromatic carbocycles. The second-order valence-corrected chi connectivity index (χ2v) is 9.00. The van der Waals surface area contributed by atoms with Crippen LogP contribution in [0.5, 0.6) is 0 Å². The molecule has 1 aliphatic heterocycles. The van der Waals surface area contributed by atoms with Crippen molar-refractivity contribution < 1.29 is 14.3 Å². The Kier molecular flexibility index (Phi) is 6.61. The van der Waals surface area contributed by atoms with Gasteiger partial charge in [-0.25, -0.2) is 4.98 Å². The SMILES string of the molecule is COCCN(CCOC)c1nc(C2C(=O)Nc3ccc(C#N)cc32)c2cn(C3CCCC3)nc2n1. The van der Waals surface area contributed by atoms with Crippen LogP contribution >= 0.6 is 0 Å².